The lowest BCUT2D eigenvalue weighted by Gasteiger charge is -2.15. The minimum Gasteiger partial charge on any atom is -0.462 e. The predicted molar refractivity (Wildman–Crippen MR) is 334 cm³/mol. The molecule has 5 heteroatoms. The number of unbranched alkanes of at least 4 members (excludes halogenated alkanes) is 39. The number of aliphatic hydroxyl groups excluding tert-OH is 1. The van der Waals surface area contributed by atoms with E-state index < -0.39 is 6.10 Å². The van der Waals surface area contributed by atoms with Gasteiger partial charge in [0.25, 0.3) is 0 Å². The highest BCUT2D eigenvalue weighted by molar-refractivity contribution is 5.70. The van der Waals surface area contributed by atoms with Crippen LogP contribution in [0.15, 0.2) is 85.1 Å². The van der Waals surface area contributed by atoms with Gasteiger partial charge in [-0.05, 0) is 89.9 Å². The van der Waals surface area contributed by atoms with E-state index in [1.165, 1.54) is 231 Å². The molecule has 0 aliphatic rings. The van der Waals surface area contributed by atoms with Crippen LogP contribution in [-0.4, -0.2) is 36.4 Å². The van der Waals surface area contributed by atoms with E-state index in [2.05, 4.69) is 98.9 Å². The molecule has 1 atom stereocenters. The largest absolute Gasteiger partial charge is 0.462 e. The van der Waals surface area contributed by atoms with E-state index in [-0.39, 0.29) is 25.2 Å². The Morgan fingerprint density at radius 2 is 0.566 bits per heavy atom. The van der Waals surface area contributed by atoms with Gasteiger partial charge in [0.1, 0.15) is 6.61 Å². The molecule has 0 aliphatic carbocycles. The summed E-state index contributed by atoms with van der Waals surface area (Å²) in [6, 6.07) is 0. The van der Waals surface area contributed by atoms with E-state index >= 15 is 0 Å². The number of hydrogen-bond acceptors (Lipinski definition) is 5. The molecule has 0 aromatic carbocycles. The van der Waals surface area contributed by atoms with Crippen LogP contribution in [0.3, 0.4) is 0 Å². The summed E-state index contributed by atoms with van der Waals surface area (Å²) in [6.07, 6.45) is 93.2. The van der Waals surface area contributed by atoms with Crippen LogP contribution in [0, 0.1) is 0 Å². The lowest BCUT2D eigenvalue weighted by molar-refractivity contribution is -0.161. The van der Waals surface area contributed by atoms with Crippen LogP contribution in [0.1, 0.15) is 335 Å². The Kier molecular flexibility index (Phi) is 63.8. The first-order valence-corrected chi connectivity index (χ1v) is 33.1. The summed E-state index contributed by atoms with van der Waals surface area (Å²) in [5.41, 5.74) is 0. The van der Waals surface area contributed by atoms with Gasteiger partial charge < -0.3 is 14.6 Å². The van der Waals surface area contributed by atoms with Crippen molar-refractivity contribution in [2.24, 2.45) is 0 Å². The number of esters is 2. The maximum absolute atomic E-state index is 12.3. The fraction of sp³-hybridized carbons (Fsp3) is 0.775. The minimum atomic E-state index is -0.775. The quantitative estimate of drug-likeness (QED) is 0.0373. The SMILES string of the molecule is CC/C=C\C/C=C\C/C=C\C/C=C\C/C=C\CCCCCCCCCCCCCCCCCCCCCCCCCCCC(=O)OC(CO)COC(=O)CCCCCCCCCCC/C=C\C/C=C\CCCCCCC. The van der Waals surface area contributed by atoms with Crippen molar-refractivity contribution in [3.05, 3.63) is 85.1 Å². The van der Waals surface area contributed by atoms with Crippen LogP contribution in [-0.2, 0) is 19.1 Å². The summed E-state index contributed by atoms with van der Waals surface area (Å²) in [7, 11) is 0. The topological polar surface area (TPSA) is 72.8 Å². The molecule has 0 heterocycles. The second-order valence-electron chi connectivity index (χ2n) is 22.2. The van der Waals surface area contributed by atoms with E-state index in [1.807, 2.05) is 0 Å². The van der Waals surface area contributed by atoms with Gasteiger partial charge in [-0.15, -0.1) is 0 Å². The fourth-order valence-electron chi connectivity index (χ4n) is 9.73. The van der Waals surface area contributed by atoms with Crippen molar-refractivity contribution in [3.8, 4) is 0 Å². The van der Waals surface area contributed by atoms with Gasteiger partial charge in [-0.1, -0.05) is 317 Å². The molecule has 5 nitrogen and oxygen atoms in total. The summed E-state index contributed by atoms with van der Waals surface area (Å²) in [5, 5.41) is 9.68. The first kappa shape index (κ1) is 73.1. The number of rotatable bonds is 61. The number of aliphatic hydroxyl groups is 1. The predicted octanol–water partition coefficient (Wildman–Crippen LogP) is 22.9. The molecule has 0 amide bonds. The molecule has 0 aromatic heterocycles. The number of carbonyl (C=O) groups is 2. The third-order valence-electron chi connectivity index (χ3n) is 14.7. The van der Waals surface area contributed by atoms with Crippen molar-refractivity contribution in [2.45, 2.75) is 341 Å². The molecule has 0 fully saturated rings. The third kappa shape index (κ3) is 63.6. The highest BCUT2D eigenvalue weighted by atomic mass is 16.6. The van der Waals surface area contributed by atoms with Gasteiger partial charge in [0, 0.05) is 12.8 Å². The lowest BCUT2D eigenvalue weighted by atomic mass is 10.0. The van der Waals surface area contributed by atoms with Crippen LogP contribution in [0.4, 0.5) is 0 Å². The molecule has 0 bridgehead atoms. The Morgan fingerprint density at radius 1 is 0.316 bits per heavy atom. The van der Waals surface area contributed by atoms with E-state index in [4.69, 9.17) is 9.47 Å². The van der Waals surface area contributed by atoms with Crippen molar-refractivity contribution in [3.63, 3.8) is 0 Å². The Bertz CT molecular complexity index is 1380. The van der Waals surface area contributed by atoms with Crippen molar-refractivity contribution in [1.82, 2.24) is 0 Å². The first-order chi connectivity index (χ1) is 37.6. The van der Waals surface area contributed by atoms with E-state index in [0.29, 0.717) is 12.8 Å². The molecule has 0 radical (unpaired) electrons. The van der Waals surface area contributed by atoms with Crippen LogP contribution < -0.4 is 0 Å². The first-order valence-electron chi connectivity index (χ1n) is 33.1. The molecule has 1 N–H and O–H groups in total. The monoisotopic (exact) mass is 1060 g/mol. The normalized spacial score (nSPS) is 12.7. The lowest BCUT2D eigenvalue weighted by Crippen LogP contribution is -2.28. The van der Waals surface area contributed by atoms with E-state index in [1.54, 1.807) is 0 Å². The fourth-order valence-corrected chi connectivity index (χ4v) is 9.73. The van der Waals surface area contributed by atoms with Crippen molar-refractivity contribution < 1.29 is 24.2 Å². The van der Waals surface area contributed by atoms with Gasteiger partial charge in [0.2, 0.25) is 0 Å². The molecule has 0 aromatic rings. The Balaban J connectivity index is 3.41. The van der Waals surface area contributed by atoms with Gasteiger partial charge in [0.05, 0.1) is 6.61 Å². The van der Waals surface area contributed by atoms with Crippen LogP contribution in [0.25, 0.3) is 0 Å². The number of ether oxygens (including phenoxy) is 2. The standard InChI is InChI=1S/C71H126O5/c1-3-5-7-9-11-13-15-17-19-21-23-25-26-27-28-29-30-31-32-33-34-35-36-37-38-39-40-41-42-43-44-46-48-50-52-54-56-58-60-62-64-66-71(74)76-69(67-72)68-75-70(73)65-63-61-59-57-55-53-51-49-47-45-24-22-20-18-16-14-12-10-8-6-4-2/h5,7,11,13,16-19,22-25,27-28,69,72H,3-4,6,8-10,12,14-15,20-21,26,29-68H2,1-2H3/b7-5-,13-11-,18-16-,19-17-,24-22-,25-23-,28-27-. The zero-order valence-electron chi connectivity index (χ0n) is 50.5. The highest BCUT2D eigenvalue weighted by Gasteiger charge is 2.16. The summed E-state index contributed by atoms with van der Waals surface area (Å²) < 4.78 is 10.7. The molecule has 0 spiro atoms. The summed E-state index contributed by atoms with van der Waals surface area (Å²) in [5.74, 6) is -0.581. The van der Waals surface area contributed by atoms with Crippen LogP contribution in [0.2, 0.25) is 0 Å². The van der Waals surface area contributed by atoms with E-state index in [0.717, 1.165) is 77.0 Å². The summed E-state index contributed by atoms with van der Waals surface area (Å²) in [4.78, 5) is 24.6. The maximum Gasteiger partial charge on any atom is 0.306 e. The minimum absolute atomic E-state index is 0.0661. The molecule has 76 heavy (non-hydrogen) atoms. The number of carbonyl (C=O) groups excluding carboxylic acids is 2. The molecule has 0 saturated heterocycles. The third-order valence-corrected chi connectivity index (χ3v) is 14.7. The molecule has 0 rings (SSSR count). The average molecular weight is 1060 g/mol. The average Bonchev–Trinajstić information content (AvgIpc) is 3.42. The Hall–Kier alpha value is -2.92. The molecule has 440 valence electrons. The van der Waals surface area contributed by atoms with Gasteiger partial charge in [-0.3, -0.25) is 9.59 Å². The maximum atomic E-state index is 12.3. The summed E-state index contributed by atoms with van der Waals surface area (Å²) >= 11 is 0. The molecular weight excluding hydrogens is 933 g/mol. The van der Waals surface area contributed by atoms with Crippen molar-refractivity contribution in [2.75, 3.05) is 13.2 Å². The Labute approximate surface area is 473 Å². The van der Waals surface area contributed by atoms with Crippen molar-refractivity contribution in [1.29, 1.82) is 0 Å². The second kappa shape index (κ2) is 66.4. The number of hydrogen-bond donors (Lipinski definition) is 1. The van der Waals surface area contributed by atoms with Gasteiger partial charge in [-0.25, -0.2) is 0 Å². The van der Waals surface area contributed by atoms with E-state index in [9.17, 15) is 14.7 Å². The van der Waals surface area contributed by atoms with Gasteiger partial charge in [0.15, 0.2) is 6.10 Å². The molecule has 0 saturated carbocycles. The highest BCUT2D eigenvalue weighted by Crippen LogP contribution is 2.18. The zero-order valence-corrected chi connectivity index (χ0v) is 50.5. The van der Waals surface area contributed by atoms with Crippen molar-refractivity contribution >= 4 is 11.9 Å². The Morgan fingerprint density at radius 3 is 0.855 bits per heavy atom. The van der Waals surface area contributed by atoms with Gasteiger partial charge in [-0.2, -0.15) is 0 Å². The molecule has 0 aliphatic heterocycles. The van der Waals surface area contributed by atoms with Crippen LogP contribution >= 0.6 is 0 Å². The van der Waals surface area contributed by atoms with Crippen LogP contribution in [0.5, 0.6) is 0 Å². The summed E-state index contributed by atoms with van der Waals surface area (Å²) in [6.45, 7) is 4.05. The second-order valence-corrected chi connectivity index (χ2v) is 22.2. The smallest absolute Gasteiger partial charge is 0.306 e. The molecular formula is C71H126O5. The zero-order chi connectivity index (χ0) is 54.8. The van der Waals surface area contributed by atoms with Gasteiger partial charge >= 0.3 is 11.9 Å². The number of allylic oxidation sites excluding steroid dienone is 14. The molecule has 1 unspecified atom stereocenters.